The molecule has 5 aromatic rings. The summed E-state index contributed by atoms with van der Waals surface area (Å²) in [5.74, 6) is 2.09. The third kappa shape index (κ3) is 9.20. The Morgan fingerprint density at radius 2 is 1.68 bits per heavy atom. The summed E-state index contributed by atoms with van der Waals surface area (Å²) in [6, 6.07) is 20.2. The van der Waals surface area contributed by atoms with Gasteiger partial charge in [-0.2, -0.15) is 5.26 Å². The number of aromatic nitrogens is 2. The molecule has 3 aromatic carbocycles. The lowest BCUT2D eigenvalue weighted by Crippen LogP contribution is -2.22. The van der Waals surface area contributed by atoms with Crippen molar-refractivity contribution in [3.05, 3.63) is 122 Å². The molecule has 258 valence electrons. The number of thiazole rings is 1. The van der Waals surface area contributed by atoms with E-state index in [0.29, 0.717) is 48.4 Å². The Morgan fingerprint density at radius 3 is 2.48 bits per heavy atom. The highest BCUT2D eigenvalue weighted by atomic mass is 35.5. The molecule has 0 bridgehead atoms. The fraction of sp³-hybridized carbons (Fsp3) is 0.325. The standard InChI is InChI=1S/C40H42ClN5O3S/c1-28-32(8-5-9-34(28)35-10-6-11-37(29(35)2)47-16-7-15-46-13-3-4-14-46)27-49-39-20-38(48-26-31-18-30(21-42)22-43-23-31)33(19-36(39)41)24-44-25-40-45-12-17-50-40/h5-6,8-12,17-20,22-23,44H,3-4,7,13-16,24-27H2,1-2H3. The van der Waals surface area contributed by atoms with Crippen molar-refractivity contribution in [3.63, 3.8) is 0 Å². The molecule has 1 saturated heterocycles. The predicted octanol–water partition coefficient (Wildman–Crippen LogP) is 8.66. The predicted molar refractivity (Wildman–Crippen MR) is 199 cm³/mol. The number of benzene rings is 3. The summed E-state index contributed by atoms with van der Waals surface area (Å²) < 4.78 is 18.9. The summed E-state index contributed by atoms with van der Waals surface area (Å²) >= 11 is 8.42. The molecule has 1 aliphatic rings. The van der Waals surface area contributed by atoms with E-state index < -0.39 is 0 Å². The number of ether oxygens (including phenoxy) is 3. The number of likely N-dealkylation sites (tertiary alicyclic amines) is 1. The Kier molecular flexibility index (Phi) is 12.4. The van der Waals surface area contributed by atoms with Gasteiger partial charge >= 0.3 is 0 Å². The molecule has 8 nitrogen and oxygen atoms in total. The van der Waals surface area contributed by atoms with Crippen LogP contribution in [-0.2, 0) is 26.3 Å². The number of nitriles is 1. The lowest BCUT2D eigenvalue weighted by Gasteiger charge is -2.18. The minimum Gasteiger partial charge on any atom is -0.493 e. The number of hydrogen-bond acceptors (Lipinski definition) is 9. The molecular formula is C40H42ClN5O3S. The SMILES string of the molecule is Cc1c(COc2cc(OCc3cncc(C#N)c3)c(CNCc3nccs3)cc2Cl)cccc1-c1cccc(OCCCN2CCCC2)c1C. The van der Waals surface area contributed by atoms with E-state index in [1.807, 2.05) is 17.5 Å². The second-order valence-corrected chi connectivity index (χ2v) is 13.8. The van der Waals surface area contributed by atoms with E-state index in [0.717, 1.165) is 62.7 Å². The average Bonchev–Trinajstić information content (AvgIpc) is 3.86. The number of nitrogens with zero attached hydrogens (tertiary/aromatic N) is 4. The Morgan fingerprint density at radius 1 is 0.880 bits per heavy atom. The maximum Gasteiger partial charge on any atom is 0.142 e. The summed E-state index contributed by atoms with van der Waals surface area (Å²) in [4.78, 5) is 11.0. The van der Waals surface area contributed by atoms with Gasteiger partial charge in [0.05, 0.1) is 17.2 Å². The van der Waals surface area contributed by atoms with Crippen LogP contribution in [-0.4, -0.2) is 41.1 Å². The third-order valence-corrected chi connectivity index (χ3v) is 10.1. The van der Waals surface area contributed by atoms with Gasteiger partial charge in [0.25, 0.3) is 0 Å². The molecule has 50 heavy (non-hydrogen) atoms. The maximum absolute atomic E-state index is 9.30. The molecule has 2 aromatic heterocycles. The van der Waals surface area contributed by atoms with E-state index in [2.05, 4.69) is 76.5 Å². The van der Waals surface area contributed by atoms with Gasteiger partial charge < -0.3 is 24.4 Å². The van der Waals surface area contributed by atoms with Gasteiger partial charge in [0.15, 0.2) is 0 Å². The monoisotopic (exact) mass is 707 g/mol. The second-order valence-electron chi connectivity index (χ2n) is 12.5. The fourth-order valence-electron chi connectivity index (χ4n) is 6.22. The van der Waals surface area contributed by atoms with E-state index >= 15 is 0 Å². The van der Waals surface area contributed by atoms with E-state index in [1.165, 1.54) is 32.1 Å². The summed E-state index contributed by atoms with van der Waals surface area (Å²) in [7, 11) is 0. The van der Waals surface area contributed by atoms with Crippen molar-refractivity contribution in [1.82, 2.24) is 20.2 Å². The zero-order valence-electron chi connectivity index (χ0n) is 28.6. The van der Waals surface area contributed by atoms with Gasteiger partial charge in [-0.15, -0.1) is 11.3 Å². The Bertz CT molecular complexity index is 1920. The minimum absolute atomic E-state index is 0.241. The van der Waals surface area contributed by atoms with Crippen molar-refractivity contribution in [2.45, 2.75) is 59.4 Å². The molecule has 0 spiro atoms. The highest BCUT2D eigenvalue weighted by Gasteiger charge is 2.16. The highest BCUT2D eigenvalue weighted by molar-refractivity contribution is 7.09. The van der Waals surface area contributed by atoms with Gasteiger partial charge in [0.1, 0.15) is 41.5 Å². The topological polar surface area (TPSA) is 92.5 Å². The van der Waals surface area contributed by atoms with Crippen molar-refractivity contribution >= 4 is 22.9 Å². The third-order valence-electron chi connectivity index (χ3n) is 8.99. The number of hydrogen-bond donors (Lipinski definition) is 1. The zero-order valence-corrected chi connectivity index (χ0v) is 30.2. The molecular weight excluding hydrogens is 666 g/mol. The molecule has 0 amide bonds. The number of halogens is 1. The molecule has 0 saturated carbocycles. The number of rotatable bonds is 16. The van der Waals surface area contributed by atoms with Gasteiger partial charge in [0.2, 0.25) is 0 Å². The summed E-state index contributed by atoms with van der Waals surface area (Å²) in [5.41, 5.74) is 7.80. The van der Waals surface area contributed by atoms with E-state index in [4.69, 9.17) is 25.8 Å². The number of pyridine rings is 1. The van der Waals surface area contributed by atoms with Crippen LogP contribution < -0.4 is 19.5 Å². The maximum atomic E-state index is 9.30. The van der Waals surface area contributed by atoms with Crippen LogP contribution in [0.2, 0.25) is 5.02 Å². The molecule has 0 aliphatic carbocycles. The quantitative estimate of drug-likeness (QED) is 0.102. The summed E-state index contributed by atoms with van der Waals surface area (Å²) in [5, 5.41) is 16.2. The van der Waals surface area contributed by atoms with E-state index in [1.54, 1.807) is 29.8 Å². The van der Waals surface area contributed by atoms with Gasteiger partial charge in [-0.05, 0) is 92.2 Å². The Balaban J connectivity index is 1.16. The first-order chi connectivity index (χ1) is 24.5. The van der Waals surface area contributed by atoms with Crippen LogP contribution in [0.3, 0.4) is 0 Å². The first kappa shape index (κ1) is 35.4. The highest BCUT2D eigenvalue weighted by Crippen LogP contribution is 2.36. The van der Waals surface area contributed by atoms with E-state index in [9.17, 15) is 5.26 Å². The molecule has 6 rings (SSSR count). The largest absolute Gasteiger partial charge is 0.493 e. The Labute approximate surface area is 303 Å². The van der Waals surface area contributed by atoms with Gasteiger partial charge in [-0.25, -0.2) is 4.98 Å². The molecule has 3 heterocycles. The molecule has 0 unspecified atom stereocenters. The lowest BCUT2D eigenvalue weighted by molar-refractivity contribution is 0.262. The fourth-order valence-corrected chi connectivity index (χ4v) is 7.05. The molecule has 1 fully saturated rings. The minimum atomic E-state index is 0.241. The van der Waals surface area contributed by atoms with Crippen molar-refractivity contribution in [2.24, 2.45) is 0 Å². The van der Waals surface area contributed by atoms with Crippen LogP contribution >= 0.6 is 22.9 Å². The van der Waals surface area contributed by atoms with Gasteiger partial charge in [-0.1, -0.05) is 41.9 Å². The van der Waals surface area contributed by atoms with Crippen molar-refractivity contribution in [3.8, 4) is 34.4 Å². The van der Waals surface area contributed by atoms with Crippen molar-refractivity contribution in [2.75, 3.05) is 26.2 Å². The first-order valence-electron chi connectivity index (χ1n) is 17.0. The van der Waals surface area contributed by atoms with Crippen molar-refractivity contribution < 1.29 is 14.2 Å². The molecule has 0 radical (unpaired) electrons. The van der Waals surface area contributed by atoms with Gasteiger partial charge in [-0.3, -0.25) is 4.98 Å². The van der Waals surface area contributed by atoms with Crippen LogP contribution in [0.4, 0.5) is 0 Å². The van der Waals surface area contributed by atoms with Crippen LogP contribution in [0.5, 0.6) is 17.2 Å². The second kappa shape index (κ2) is 17.5. The summed E-state index contributed by atoms with van der Waals surface area (Å²) in [6.07, 6.45) is 8.68. The zero-order chi connectivity index (χ0) is 34.7. The first-order valence-corrected chi connectivity index (χ1v) is 18.3. The number of nitrogens with one attached hydrogen (secondary N) is 1. The normalized spacial score (nSPS) is 12.9. The van der Waals surface area contributed by atoms with Crippen LogP contribution in [0.25, 0.3) is 11.1 Å². The van der Waals surface area contributed by atoms with Crippen LogP contribution in [0.1, 0.15) is 57.7 Å². The van der Waals surface area contributed by atoms with Gasteiger partial charge in [0, 0.05) is 60.8 Å². The van der Waals surface area contributed by atoms with Crippen LogP contribution in [0.15, 0.2) is 78.6 Å². The molecule has 1 N–H and O–H groups in total. The Hall–Kier alpha value is -4.46. The van der Waals surface area contributed by atoms with Crippen molar-refractivity contribution in [1.29, 1.82) is 5.26 Å². The van der Waals surface area contributed by atoms with Crippen LogP contribution in [0, 0.1) is 25.2 Å². The lowest BCUT2D eigenvalue weighted by atomic mass is 9.93. The molecule has 1 aliphatic heterocycles. The summed E-state index contributed by atoms with van der Waals surface area (Å²) in [6.45, 7) is 10.2. The average molecular weight is 708 g/mol. The smallest absolute Gasteiger partial charge is 0.142 e. The molecule has 10 heteroatoms. The van der Waals surface area contributed by atoms with E-state index in [-0.39, 0.29) is 6.61 Å². The molecule has 0 atom stereocenters.